The van der Waals surface area contributed by atoms with Gasteiger partial charge < -0.3 is 19.8 Å². The standard InChI is InChI=1S/C19H19F3N4O2/c1-27-7-6-11-9-28-14-5-3-2-4-12(14)16(11)26-18-13-8-15(19(20,21)22)25-17(13)23-10-24-18/h2-5,8,10-11,16H,6-7,9H2,1H3,(H2,23,24,25,26). The summed E-state index contributed by atoms with van der Waals surface area (Å²) in [5.74, 6) is 1.17. The lowest BCUT2D eigenvalue weighted by atomic mass is 9.88. The molecule has 1 aromatic carbocycles. The number of ether oxygens (including phenoxy) is 2. The van der Waals surface area contributed by atoms with Crippen molar-refractivity contribution >= 4 is 16.9 Å². The lowest BCUT2D eigenvalue weighted by molar-refractivity contribution is -0.140. The van der Waals surface area contributed by atoms with Crippen LogP contribution in [0.5, 0.6) is 5.75 Å². The summed E-state index contributed by atoms with van der Waals surface area (Å²) in [7, 11) is 1.63. The van der Waals surface area contributed by atoms with Crippen LogP contribution in [0.3, 0.4) is 0 Å². The molecule has 4 rings (SSSR count). The number of aromatic amines is 1. The highest BCUT2D eigenvalue weighted by atomic mass is 19.4. The lowest BCUT2D eigenvalue weighted by Crippen LogP contribution is -2.32. The minimum Gasteiger partial charge on any atom is -0.493 e. The molecule has 9 heteroatoms. The van der Waals surface area contributed by atoms with Gasteiger partial charge in [0.25, 0.3) is 0 Å². The largest absolute Gasteiger partial charge is 0.493 e. The third kappa shape index (κ3) is 3.49. The number of nitrogens with one attached hydrogen (secondary N) is 2. The van der Waals surface area contributed by atoms with Crippen LogP contribution in [0.4, 0.5) is 19.0 Å². The Labute approximate surface area is 159 Å². The predicted molar refractivity (Wildman–Crippen MR) is 97.2 cm³/mol. The maximum Gasteiger partial charge on any atom is 0.431 e. The fourth-order valence-electron chi connectivity index (χ4n) is 3.49. The summed E-state index contributed by atoms with van der Waals surface area (Å²) in [5, 5.41) is 3.63. The van der Waals surface area contributed by atoms with Crippen molar-refractivity contribution < 1.29 is 22.6 Å². The second-order valence-corrected chi connectivity index (χ2v) is 6.68. The minimum absolute atomic E-state index is 0.0703. The highest BCUT2D eigenvalue weighted by molar-refractivity contribution is 5.88. The zero-order chi connectivity index (χ0) is 19.7. The van der Waals surface area contributed by atoms with Gasteiger partial charge in [-0.1, -0.05) is 18.2 Å². The molecule has 0 amide bonds. The summed E-state index contributed by atoms with van der Waals surface area (Å²) < 4.78 is 50.3. The first-order valence-electron chi connectivity index (χ1n) is 8.85. The van der Waals surface area contributed by atoms with Crippen molar-refractivity contribution in [3.63, 3.8) is 0 Å². The Kier molecular flexibility index (Phi) is 4.84. The molecule has 1 aliphatic heterocycles. The Morgan fingerprint density at radius 1 is 1.29 bits per heavy atom. The summed E-state index contributed by atoms with van der Waals surface area (Å²) in [4.78, 5) is 10.5. The van der Waals surface area contributed by atoms with Crippen LogP contribution < -0.4 is 10.1 Å². The molecule has 2 aromatic heterocycles. The highest BCUT2D eigenvalue weighted by Crippen LogP contribution is 2.40. The number of H-pyrrole nitrogens is 1. The third-order valence-corrected chi connectivity index (χ3v) is 4.89. The van der Waals surface area contributed by atoms with Crippen LogP contribution in [0.2, 0.25) is 0 Å². The van der Waals surface area contributed by atoms with Crippen molar-refractivity contribution in [3.05, 3.63) is 47.9 Å². The molecule has 28 heavy (non-hydrogen) atoms. The van der Waals surface area contributed by atoms with E-state index in [0.29, 0.717) is 24.4 Å². The van der Waals surface area contributed by atoms with Crippen molar-refractivity contribution in [2.24, 2.45) is 5.92 Å². The number of rotatable bonds is 5. The number of para-hydroxylation sites is 1. The second kappa shape index (κ2) is 7.31. The Balaban J connectivity index is 1.72. The van der Waals surface area contributed by atoms with Gasteiger partial charge in [-0.25, -0.2) is 9.97 Å². The van der Waals surface area contributed by atoms with Crippen LogP contribution in [0.25, 0.3) is 11.0 Å². The number of anilines is 1. The average molecular weight is 392 g/mol. The topological polar surface area (TPSA) is 72.1 Å². The van der Waals surface area contributed by atoms with E-state index in [1.165, 1.54) is 6.33 Å². The van der Waals surface area contributed by atoms with Gasteiger partial charge in [-0.15, -0.1) is 0 Å². The normalized spacial score (nSPS) is 19.3. The Hall–Kier alpha value is -2.81. The number of alkyl halides is 3. The first-order chi connectivity index (χ1) is 13.5. The molecule has 2 atom stereocenters. The van der Waals surface area contributed by atoms with Crippen molar-refractivity contribution in [1.82, 2.24) is 15.0 Å². The van der Waals surface area contributed by atoms with Crippen LogP contribution in [-0.4, -0.2) is 35.3 Å². The van der Waals surface area contributed by atoms with E-state index in [-0.39, 0.29) is 17.6 Å². The molecule has 148 valence electrons. The van der Waals surface area contributed by atoms with E-state index in [0.717, 1.165) is 23.8 Å². The quantitative estimate of drug-likeness (QED) is 0.682. The number of nitrogens with zero attached hydrogens (tertiary/aromatic N) is 2. The minimum atomic E-state index is -4.48. The molecular weight excluding hydrogens is 373 g/mol. The lowest BCUT2D eigenvalue weighted by Gasteiger charge is -2.34. The fourth-order valence-corrected chi connectivity index (χ4v) is 3.49. The van der Waals surface area contributed by atoms with Gasteiger partial charge in [0.2, 0.25) is 0 Å². The monoisotopic (exact) mass is 392 g/mol. The Morgan fingerprint density at radius 3 is 2.89 bits per heavy atom. The molecule has 0 bridgehead atoms. The van der Waals surface area contributed by atoms with Gasteiger partial charge in [0.1, 0.15) is 29.2 Å². The van der Waals surface area contributed by atoms with E-state index in [1.807, 2.05) is 24.3 Å². The molecule has 0 aliphatic carbocycles. The number of methoxy groups -OCH3 is 1. The number of hydrogen-bond donors (Lipinski definition) is 2. The van der Waals surface area contributed by atoms with Crippen molar-refractivity contribution in [2.45, 2.75) is 18.6 Å². The summed E-state index contributed by atoms with van der Waals surface area (Å²) >= 11 is 0. The van der Waals surface area contributed by atoms with Crippen LogP contribution in [0.15, 0.2) is 36.7 Å². The molecule has 0 saturated heterocycles. The average Bonchev–Trinajstić information content (AvgIpc) is 3.13. The van der Waals surface area contributed by atoms with Gasteiger partial charge in [-0.3, -0.25) is 0 Å². The predicted octanol–water partition coefficient (Wildman–Crippen LogP) is 4.18. The van der Waals surface area contributed by atoms with Crippen LogP contribution in [0.1, 0.15) is 23.7 Å². The second-order valence-electron chi connectivity index (χ2n) is 6.68. The molecule has 6 nitrogen and oxygen atoms in total. The first kappa shape index (κ1) is 18.5. The zero-order valence-electron chi connectivity index (χ0n) is 15.1. The van der Waals surface area contributed by atoms with Crippen molar-refractivity contribution in [3.8, 4) is 5.75 Å². The molecule has 2 unspecified atom stereocenters. The number of benzene rings is 1. The van der Waals surface area contributed by atoms with Crippen LogP contribution in [0, 0.1) is 5.92 Å². The van der Waals surface area contributed by atoms with E-state index >= 15 is 0 Å². The molecule has 0 saturated carbocycles. The van der Waals surface area contributed by atoms with Gasteiger partial charge >= 0.3 is 6.18 Å². The summed E-state index contributed by atoms with van der Waals surface area (Å²) in [5.41, 5.74) is 0.223. The first-order valence-corrected chi connectivity index (χ1v) is 8.85. The molecule has 3 heterocycles. The number of hydrogen-bond acceptors (Lipinski definition) is 5. The Morgan fingerprint density at radius 2 is 2.11 bits per heavy atom. The zero-order valence-corrected chi connectivity index (χ0v) is 15.1. The van der Waals surface area contributed by atoms with Gasteiger partial charge in [0.05, 0.1) is 18.0 Å². The smallest absolute Gasteiger partial charge is 0.431 e. The molecular formula is C19H19F3N4O2. The van der Waals surface area contributed by atoms with Crippen LogP contribution >= 0.6 is 0 Å². The SMILES string of the molecule is COCCC1COc2ccccc2C1Nc1ncnc2[nH]c(C(F)(F)F)cc12. The van der Waals surface area contributed by atoms with E-state index in [2.05, 4.69) is 20.3 Å². The van der Waals surface area contributed by atoms with Gasteiger partial charge in [-0.05, 0) is 18.6 Å². The Bertz CT molecular complexity index is 973. The molecule has 0 spiro atoms. The summed E-state index contributed by atoms with van der Waals surface area (Å²) in [6.45, 7) is 1.03. The van der Waals surface area contributed by atoms with E-state index in [4.69, 9.17) is 9.47 Å². The fraction of sp³-hybridized carbons (Fsp3) is 0.368. The number of halogens is 3. The number of aromatic nitrogens is 3. The highest BCUT2D eigenvalue weighted by Gasteiger charge is 2.34. The van der Waals surface area contributed by atoms with Crippen molar-refractivity contribution in [1.29, 1.82) is 0 Å². The molecule has 0 fully saturated rings. The van der Waals surface area contributed by atoms with E-state index < -0.39 is 11.9 Å². The van der Waals surface area contributed by atoms with Crippen molar-refractivity contribution in [2.75, 3.05) is 25.6 Å². The van der Waals surface area contributed by atoms with Gasteiger partial charge in [0.15, 0.2) is 0 Å². The van der Waals surface area contributed by atoms with Crippen LogP contribution in [-0.2, 0) is 10.9 Å². The maximum absolute atomic E-state index is 13.1. The van der Waals surface area contributed by atoms with Gasteiger partial charge in [-0.2, -0.15) is 13.2 Å². The third-order valence-electron chi connectivity index (χ3n) is 4.89. The number of fused-ring (bicyclic) bond motifs is 2. The molecule has 1 aliphatic rings. The molecule has 0 radical (unpaired) electrons. The summed E-state index contributed by atoms with van der Waals surface area (Å²) in [6.07, 6.45) is -2.50. The van der Waals surface area contributed by atoms with E-state index in [1.54, 1.807) is 7.11 Å². The molecule has 2 N–H and O–H groups in total. The van der Waals surface area contributed by atoms with E-state index in [9.17, 15) is 13.2 Å². The maximum atomic E-state index is 13.1. The van der Waals surface area contributed by atoms with Gasteiger partial charge in [0, 0.05) is 25.2 Å². The molecule has 3 aromatic rings. The summed E-state index contributed by atoms with van der Waals surface area (Å²) in [6, 6.07) is 8.47.